The Balaban J connectivity index is 1.29. The molecular weight excluding hydrogens is 463 g/mol. The Morgan fingerprint density at radius 1 is 1.06 bits per heavy atom. The fraction of sp³-hybridized carbons (Fsp3) is 0.259. The van der Waals surface area contributed by atoms with Gasteiger partial charge in [0.25, 0.3) is 0 Å². The minimum atomic E-state index is -0.377. The second-order valence-corrected chi connectivity index (χ2v) is 9.74. The minimum absolute atomic E-state index is 0.00983. The van der Waals surface area contributed by atoms with Crippen molar-refractivity contribution < 1.29 is 13.9 Å². The normalized spacial score (nSPS) is 14.3. The zero-order chi connectivity index (χ0) is 24.4. The van der Waals surface area contributed by atoms with Crippen molar-refractivity contribution in [2.45, 2.75) is 13.5 Å². The van der Waals surface area contributed by atoms with E-state index in [2.05, 4.69) is 39.5 Å². The Labute approximate surface area is 208 Å². The number of carbonyl (C=O) groups excluding carboxylic acids is 1. The number of aryl methyl sites for hydroxylation is 1. The number of aromatic nitrogens is 1. The van der Waals surface area contributed by atoms with Gasteiger partial charge in [-0.15, -0.1) is 11.3 Å². The standard InChI is InChI=1S/C27H27FN4O2S/c1-18-3-8-23(21(28)15-18)34-24-9-10-30-22-16-25(35-26(22)24)20-6-4-19(5-7-20)17-31-11-13-32(14-12-31)27(33)29-2/h3-10,15-16H,11-14,17H2,1-2H3,(H,29,33). The second-order valence-electron chi connectivity index (χ2n) is 8.69. The summed E-state index contributed by atoms with van der Waals surface area (Å²) in [5.74, 6) is 0.428. The van der Waals surface area contributed by atoms with Gasteiger partial charge < -0.3 is 15.0 Å². The van der Waals surface area contributed by atoms with E-state index < -0.39 is 0 Å². The van der Waals surface area contributed by atoms with Gasteiger partial charge in [0.2, 0.25) is 0 Å². The molecule has 8 heteroatoms. The van der Waals surface area contributed by atoms with Crippen LogP contribution in [0.2, 0.25) is 0 Å². The number of halogens is 1. The first-order chi connectivity index (χ1) is 17.0. The maximum absolute atomic E-state index is 14.3. The summed E-state index contributed by atoms with van der Waals surface area (Å²) in [6, 6.07) is 17.3. The van der Waals surface area contributed by atoms with Gasteiger partial charge in [0.15, 0.2) is 11.6 Å². The van der Waals surface area contributed by atoms with E-state index in [4.69, 9.17) is 4.74 Å². The molecule has 0 spiro atoms. The zero-order valence-corrected chi connectivity index (χ0v) is 20.6. The summed E-state index contributed by atoms with van der Waals surface area (Å²) in [5.41, 5.74) is 4.02. The summed E-state index contributed by atoms with van der Waals surface area (Å²) >= 11 is 1.59. The molecule has 1 N–H and O–H groups in total. The molecule has 0 radical (unpaired) electrons. The maximum atomic E-state index is 14.3. The van der Waals surface area contributed by atoms with Crippen LogP contribution in [0.4, 0.5) is 9.18 Å². The molecule has 4 aromatic rings. The van der Waals surface area contributed by atoms with Crippen LogP contribution in [0.15, 0.2) is 60.8 Å². The molecule has 1 saturated heterocycles. The molecule has 0 aliphatic carbocycles. The Bertz CT molecular complexity index is 1350. The van der Waals surface area contributed by atoms with Crippen LogP contribution in [0.1, 0.15) is 11.1 Å². The van der Waals surface area contributed by atoms with E-state index in [0.29, 0.717) is 5.75 Å². The quantitative estimate of drug-likeness (QED) is 0.392. The van der Waals surface area contributed by atoms with Gasteiger partial charge in [0.05, 0.1) is 10.2 Å². The first-order valence-electron chi connectivity index (χ1n) is 11.6. The Morgan fingerprint density at radius 3 is 2.54 bits per heavy atom. The lowest BCUT2D eigenvalue weighted by Crippen LogP contribution is -2.50. The molecule has 0 unspecified atom stereocenters. The molecule has 2 aromatic heterocycles. The summed E-state index contributed by atoms with van der Waals surface area (Å²) < 4.78 is 21.1. The van der Waals surface area contributed by atoms with Crippen molar-refractivity contribution in [1.29, 1.82) is 0 Å². The highest BCUT2D eigenvalue weighted by Gasteiger charge is 2.20. The number of fused-ring (bicyclic) bond motifs is 1. The Hall–Kier alpha value is -3.49. The van der Waals surface area contributed by atoms with Crippen LogP contribution in [-0.4, -0.2) is 54.0 Å². The molecule has 0 saturated carbocycles. The molecule has 0 atom stereocenters. The SMILES string of the molecule is CNC(=O)N1CCN(Cc2ccc(-c3cc4nccc(Oc5ccc(C)cc5F)c4s3)cc2)CC1. The summed E-state index contributed by atoms with van der Waals surface area (Å²) in [4.78, 5) is 21.6. The smallest absolute Gasteiger partial charge is 0.317 e. The molecule has 0 bridgehead atoms. The van der Waals surface area contributed by atoms with Gasteiger partial charge in [-0.05, 0) is 41.8 Å². The fourth-order valence-corrected chi connectivity index (χ4v) is 5.32. The third kappa shape index (κ3) is 5.13. The predicted octanol–water partition coefficient (Wildman–Crippen LogP) is 5.66. The summed E-state index contributed by atoms with van der Waals surface area (Å²) in [5, 5.41) is 2.69. The number of hydrogen-bond acceptors (Lipinski definition) is 5. The number of piperazine rings is 1. The summed E-state index contributed by atoms with van der Waals surface area (Å²) in [7, 11) is 1.67. The van der Waals surface area contributed by atoms with Crippen molar-refractivity contribution in [3.8, 4) is 21.9 Å². The number of nitrogens with zero attached hydrogens (tertiary/aromatic N) is 3. The topological polar surface area (TPSA) is 57.7 Å². The van der Waals surface area contributed by atoms with Crippen LogP contribution in [0.25, 0.3) is 20.7 Å². The molecule has 1 aliphatic rings. The Kier molecular flexibility index (Phi) is 6.66. The number of ether oxygens (including phenoxy) is 1. The van der Waals surface area contributed by atoms with Gasteiger partial charge in [-0.1, -0.05) is 30.3 Å². The van der Waals surface area contributed by atoms with Crippen molar-refractivity contribution in [3.05, 3.63) is 77.7 Å². The van der Waals surface area contributed by atoms with E-state index in [9.17, 15) is 9.18 Å². The largest absolute Gasteiger partial charge is 0.453 e. The average molecular weight is 491 g/mol. The Morgan fingerprint density at radius 2 is 1.83 bits per heavy atom. The van der Waals surface area contributed by atoms with Crippen LogP contribution in [0.3, 0.4) is 0 Å². The molecule has 5 rings (SSSR count). The molecule has 180 valence electrons. The number of benzene rings is 2. The molecule has 2 amide bonds. The number of rotatable bonds is 5. The molecule has 1 fully saturated rings. The zero-order valence-electron chi connectivity index (χ0n) is 19.8. The van der Waals surface area contributed by atoms with E-state index in [0.717, 1.165) is 58.9 Å². The number of carbonyl (C=O) groups is 1. The lowest BCUT2D eigenvalue weighted by molar-refractivity contribution is 0.136. The fourth-order valence-electron chi connectivity index (χ4n) is 4.24. The van der Waals surface area contributed by atoms with Gasteiger partial charge in [0.1, 0.15) is 5.75 Å². The summed E-state index contributed by atoms with van der Waals surface area (Å²) in [6.45, 7) is 5.91. The van der Waals surface area contributed by atoms with E-state index in [1.807, 2.05) is 24.0 Å². The maximum Gasteiger partial charge on any atom is 0.317 e. The molecule has 3 heterocycles. The van der Waals surface area contributed by atoms with Crippen molar-refractivity contribution in [3.63, 3.8) is 0 Å². The number of hydrogen-bond donors (Lipinski definition) is 1. The lowest BCUT2D eigenvalue weighted by Gasteiger charge is -2.34. The number of pyridine rings is 1. The van der Waals surface area contributed by atoms with Crippen molar-refractivity contribution in [2.75, 3.05) is 33.2 Å². The van der Waals surface area contributed by atoms with Crippen LogP contribution in [0.5, 0.6) is 11.5 Å². The van der Waals surface area contributed by atoms with Crippen LogP contribution in [-0.2, 0) is 6.54 Å². The van der Waals surface area contributed by atoms with E-state index in [-0.39, 0.29) is 17.6 Å². The van der Waals surface area contributed by atoms with Crippen LogP contribution in [0, 0.1) is 12.7 Å². The van der Waals surface area contributed by atoms with Crippen molar-refractivity contribution >= 4 is 27.6 Å². The van der Waals surface area contributed by atoms with E-state index in [1.165, 1.54) is 11.6 Å². The third-order valence-corrected chi connectivity index (χ3v) is 7.39. The first kappa shape index (κ1) is 23.3. The molecule has 6 nitrogen and oxygen atoms in total. The van der Waals surface area contributed by atoms with Crippen LogP contribution >= 0.6 is 11.3 Å². The monoisotopic (exact) mass is 490 g/mol. The van der Waals surface area contributed by atoms with Crippen LogP contribution < -0.4 is 10.1 Å². The van der Waals surface area contributed by atoms with Gasteiger partial charge in [-0.3, -0.25) is 9.88 Å². The van der Waals surface area contributed by atoms with Crippen molar-refractivity contribution in [1.82, 2.24) is 20.1 Å². The highest BCUT2D eigenvalue weighted by molar-refractivity contribution is 7.22. The first-order valence-corrected chi connectivity index (χ1v) is 12.4. The minimum Gasteiger partial charge on any atom is -0.453 e. The van der Waals surface area contributed by atoms with Gasteiger partial charge >= 0.3 is 6.03 Å². The number of thiophene rings is 1. The molecule has 35 heavy (non-hydrogen) atoms. The molecular formula is C27H27FN4O2S. The number of amides is 2. The predicted molar refractivity (Wildman–Crippen MR) is 138 cm³/mol. The second kappa shape index (κ2) is 10.0. The average Bonchev–Trinajstić information content (AvgIpc) is 3.31. The highest BCUT2D eigenvalue weighted by atomic mass is 32.1. The highest BCUT2D eigenvalue weighted by Crippen LogP contribution is 2.39. The number of urea groups is 1. The van der Waals surface area contributed by atoms with Gasteiger partial charge in [-0.25, -0.2) is 9.18 Å². The van der Waals surface area contributed by atoms with Gasteiger partial charge in [-0.2, -0.15) is 0 Å². The van der Waals surface area contributed by atoms with E-state index in [1.54, 1.807) is 36.7 Å². The molecule has 2 aromatic carbocycles. The van der Waals surface area contributed by atoms with E-state index >= 15 is 0 Å². The number of nitrogens with one attached hydrogen (secondary N) is 1. The lowest BCUT2D eigenvalue weighted by atomic mass is 10.1. The van der Waals surface area contributed by atoms with Gasteiger partial charge in [0, 0.05) is 56.9 Å². The third-order valence-electron chi connectivity index (χ3n) is 6.20. The summed E-state index contributed by atoms with van der Waals surface area (Å²) in [6.07, 6.45) is 1.69. The molecule has 1 aliphatic heterocycles. The van der Waals surface area contributed by atoms with Crippen molar-refractivity contribution in [2.24, 2.45) is 0 Å².